The molecule has 14 heavy (non-hydrogen) atoms. The van der Waals surface area contributed by atoms with Crippen molar-refractivity contribution in [2.75, 3.05) is 19.0 Å². The summed E-state index contributed by atoms with van der Waals surface area (Å²) in [5.41, 5.74) is 8.77. The van der Waals surface area contributed by atoms with Gasteiger partial charge in [-0.1, -0.05) is 12.1 Å². The molecule has 0 aromatic heterocycles. The number of hydroxylamine groups is 1. The Morgan fingerprint density at radius 3 is 2.64 bits per heavy atom. The third kappa shape index (κ3) is 2.37. The van der Waals surface area contributed by atoms with Gasteiger partial charge in [0.05, 0.1) is 11.4 Å². The molecular formula is C9H14N4O. The van der Waals surface area contributed by atoms with E-state index in [4.69, 9.17) is 10.9 Å². The Hall–Kier alpha value is -1.75. The molecule has 1 aromatic carbocycles. The van der Waals surface area contributed by atoms with Crippen molar-refractivity contribution in [2.45, 2.75) is 0 Å². The number of nitrogens with two attached hydrogens (primary N) is 1. The zero-order chi connectivity index (χ0) is 10.6. The van der Waals surface area contributed by atoms with Crippen LogP contribution in [-0.2, 0) is 0 Å². The summed E-state index contributed by atoms with van der Waals surface area (Å²) in [6, 6.07) is 7.51. The van der Waals surface area contributed by atoms with Crippen LogP contribution in [0.4, 0.5) is 11.4 Å². The van der Waals surface area contributed by atoms with Crippen LogP contribution in [0.1, 0.15) is 0 Å². The van der Waals surface area contributed by atoms with Crippen LogP contribution in [0.3, 0.4) is 0 Å². The first-order chi connectivity index (χ1) is 6.65. The molecule has 0 fully saturated rings. The Bertz CT molecular complexity index is 335. The number of anilines is 1. The topological polar surface area (TPSA) is 73.9 Å². The first-order valence-electron chi connectivity index (χ1n) is 4.15. The van der Waals surface area contributed by atoms with Crippen molar-refractivity contribution in [1.82, 2.24) is 5.48 Å². The number of hydrogen-bond acceptors (Lipinski definition) is 3. The average Bonchev–Trinajstić information content (AvgIpc) is 2.18. The van der Waals surface area contributed by atoms with E-state index in [9.17, 15) is 0 Å². The van der Waals surface area contributed by atoms with Crippen molar-refractivity contribution in [1.29, 1.82) is 0 Å². The number of nitrogens with one attached hydrogen (secondary N) is 1. The van der Waals surface area contributed by atoms with Gasteiger partial charge >= 0.3 is 0 Å². The second-order valence-corrected chi connectivity index (χ2v) is 2.99. The minimum absolute atomic E-state index is 0.0284. The molecule has 0 bridgehead atoms. The first-order valence-corrected chi connectivity index (χ1v) is 4.15. The number of rotatable bonds is 2. The molecule has 0 aliphatic rings. The van der Waals surface area contributed by atoms with E-state index in [2.05, 4.69) is 4.99 Å². The fourth-order valence-corrected chi connectivity index (χ4v) is 1.09. The summed E-state index contributed by atoms with van der Waals surface area (Å²) in [6.07, 6.45) is 0. The molecule has 0 radical (unpaired) electrons. The van der Waals surface area contributed by atoms with E-state index in [0.717, 1.165) is 5.69 Å². The van der Waals surface area contributed by atoms with E-state index >= 15 is 0 Å². The van der Waals surface area contributed by atoms with E-state index in [1.165, 1.54) is 0 Å². The van der Waals surface area contributed by atoms with E-state index in [0.29, 0.717) is 5.69 Å². The Kier molecular flexibility index (Phi) is 3.30. The highest BCUT2D eigenvalue weighted by Crippen LogP contribution is 2.25. The fraction of sp³-hybridized carbons (Fsp3) is 0.222. The molecule has 5 nitrogen and oxygen atoms in total. The minimum Gasteiger partial charge on any atom is -0.376 e. The van der Waals surface area contributed by atoms with Crippen LogP contribution in [0.2, 0.25) is 0 Å². The highest BCUT2D eigenvalue weighted by atomic mass is 16.5. The largest absolute Gasteiger partial charge is 0.376 e. The average molecular weight is 194 g/mol. The van der Waals surface area contributed by atoms with Gasteiger partial charge in [-0.15, -0.1) is 0 Å². The molecular weight excluding hydrogens is 180 g/mol. The third-order valence-electron chi connectivity index (χ3n) is 1.72. The number of benzene rings is 1. The van der Waals surface area contributed by atoms with Gasteiger partial charge in [-0.05, 0) is 12.1 Å². The van der Waals surface area contributed by atoms with Crippen LogP contribution >= 0.6 is 0 Å². The third-order valence-corrected chi connectivity index (χ3v) is 1.72. The molecule has 0 saturated heterocycles. The van der Waals surface area contributed by atoms with Gasteiger partial charge in [-0.3, -0.25) is 5.21 Å². The van der Waals surface area contributed by atoms with Gasteiger partial charge in [0.15, 0.2) is 0 Å². The van der Waals surface area contributed by atoms with Crippen molar-refractivity contribution in [2.24, 2.45) is 10.7 Å². The molecule has 1 aromatic rings. The lowest BCUT2D eigenvalue weighted by atomic mass is 10.2. The van der Waals surface area contributed by atoms with E-state index in [1.807, 2.05) is 43.3 Å². The van der Waals surface area contributed by atoms with E-state index < -0.39 is 0 Å². The van der Waals surface area contributed by atoms with Crippen LogP contribution in [-0.4, -0.2) is 25.3 Å². The zero-order valence-corrected chi connectivity index (χ0v) is 8.23. The summed E-state index contributed by atoms with van der Waals surface area (Å²) in [7, 11) is 3.83. The lowest BCUT2D eigenvalue weighted by molar-refractivity contribution is 0.233. The highest BCUT2D eigenvalue weighted by Gasteiger charge is 2.02. The predicted octanol–water partition coefficient (Wildman–Crippen LogP) is 0.678. The molecule has 0 aliphatic carbocycles. The van der Waals surface area contributed by atoms with E-state index in [1.54, 1.807) is 5.48 Å². The molecule has 0 saturated carbocycles. The predicted molar refractivity (Wildman–Crippen MR) is 57.0 cm³/mol. The van der Waals surface area contributed by atoms with Crippen molar-refractivity contribution < 1.29 is 5.21 Å². The molecule has 0 spiro atoms. The molecule has 0 heterocycles. The van der Waals surface area contributed by atoms with Crippen molar-refractivity contribution in [3.8, 4) is 0 Å². The Morgan fingerprint density at radius 1 is 1.43 bits per heavy atom. The Labute approximate surface area is 82.8 Å². The fourth-order valence-electron chi connectivity index (χ4n) is 1.09. The standard InChI is InChI=1S/C9H14N4O/c1-13(2)8-6-4-3-5-7(8)11-9(10)12-14/h3-6,14H,1-2H3,(H3,10,11,12). The summed E-state index contributed by atoms with van der Waals surface area (Å²) in [4.78, 5) is 5.91. The van der Waals surface area contributed by atoms with Crippen LogP contribution in [0.15, 0.2) is 29.3 Å². The van der Waals surface area contributed by atoms with Crippen LogP contribution < -0.4 is 16.1 Å². The van der Waals surface area contributed by atoms with Gasteiger partial charge in [-0.2, -0.15) is 0 Å². The molecule has 76 valence electrons. The molecule has 4 N–H and O–H groups in total. The highest BCUT2D eigenvalue weighted by molar-refractivity contribution is 5.82. The van der Waals surface area contributed by atoms with Crippen LogP contribution in [0, 0.1) is 0 Å². The molecule has 5 heteroatoms. The Balaban J connectivity index is 3.07. The number of aliphatic imine (C=N–C) groups is 1. The molecule has 0 unspecified atom stereocenters. The maximum atomic E-state index is 8.51. The summed E-state index contributed by atoms with van der Waals surface area (Å²) in [5, 5.41) is 8.51. The van der Waals surface area contributed by atoms with Gasteiger partial charge in [0.25, 0.3) is 0 Å². The summed E-state index contributed by atoms with van der Waals surface area (Å²) < 4.78 is 0. The SMILES string of the molecule is CN(C)c1ccccc1N=C(N)NO. The second-order valence-electron chi connectivity index (χ2n) is 2.99. The maximum absolute atomic E-state index is 8.51. The summed E-state index contributed by atoms with van der Waals surface area (Å²) in [5.74, 6) is -0.0284. The van der Waals surface area contributed by atoms with Crippen molar-refractivity contribution >= 4 is 17.3 Å². The lowest BCUT2D eigenvalue weighted by Gasteiger charge is -2.14. The number of hydrogen-bond donors (Lipinski definition) is 3. The summed E-state index contributed by atoms with van der Waals surface area (Å²) in [6.45, 7) is 0. The first kappa shape index (κ1) is 10.3. The molecule has 0 amide bonds. The van der Waals surface area contributed by atoms with Gasteiger partial charge in [0, 0.05) is 14.1 Å². The van der Waals surface area contributed by atoms with Gasteiger partial charge in [0.2, 0.25) is 5.96 Å². The molecule has 1 rings (SSSR count). The number of nitrogens with zero attached hydrogens (tertiary/aromatic N) is 2. The zero-order valence-electron chi connectivity index (χ0n) is 8.23. The van der Waals surface area contributed by atoms with Gasteiger partial charge in [-0.25, -0.2) is 10.5 Å². The van der Waals surface area contributed by atoms with E-state index in [-0.39, 0.29) is 5.96 Å². The molecule has 0 aliphatic heterocycles. The van der Waals surface area contributed by atoms with Crippen LogP contribution in [0.25, 0.3) is 0 Å². The maximum Gasteiger partial charge on any atom is 0.218 e. The number of para-hydroxylation sites is 2. The van der Waals surface area contributed by atoms with Crippen molar-refractivity contribution in [3.63, 3.8) is 0 Å². The smallest absolute Gasteiger partial charge is 0.218 e. The van der Waals surface area contributed by atoms with Gasteiger partial charge in [0.1, 0.15) is 0 Å². The second kappa shape index (κ2) is 4.48. The normalized spacial score (nSPS) is 11.2. The minimum atomic E-state index is -0.0284. The summed E-state index contributed by atoms with van der Waals surface area (Å²) >= 11 is 0. The molecule has 0 atom stereocenters. The monoisotopic (exact) mass is 194 g/mol. The quantitative estimate of drug-likeness (QED) is 0.367. The number of guanidine groups is 1. The van der Waals surface area contributed by atoms with Crippen molar-refractivity contribution in [3.05, 3.63) is 24.3 Å². The Morgan fingerprint density at radius 2 is 2.07 bits per heavy atom. The van der Waals surface area contributed by atoms with Crippen LogP contribution in [0.5, 0.6) is 0 Å². The van der Waals surface area contributed by atoms with Gasteiger partial charge < -0.3 is 10.6 Å². The lowest BCUT2D eigenvalue weighted by Crippen LogP contribution is -2.27.